The normalized spacial score (nSPS) is 17.2. The molecular formula is C19H19BrN2O3. The van der Waals surface area contributed by atoms with Crippen molar-refractivity contribution < 1.29 is 14.7 Å². The first-order valence-electron chi connectivity index (χ1n) is 8.18. The van der Waals surface area contributed by atoms with Gasteiger partial charge in [0, 0.05) is 23.2 Å². The number of halogens is 1. The number of nitrogens with one attached hydrogen (secondary N) is 1. The van der Waals surface area contributed by atoms with Gasteiger partial charge in [0.05, 0.1) is 11.5 Å². The predicted molar refractivity (Wildman–Crippen MR) is 99.5 cm³/mol. The zero-order valence-corrected chi connectivity index (χ0v) is 15.2. The number of likely N-dealkylation sites (tertiary alicyclic amines) is 1. The zero-order valence-electron chi connectivity index (χ0n) is 13.6. The number of hydrogen-bond acceptors (Lipinski definition) is 3. The third kappa shape index (κ3) is 4.20. The smallest absolute Gasteiger partial charge is 0.257 e. The van der Waals surface area contributed by atoms with E-state index in [-0.39, 0.29) is 29.0 Å². The molecule has 0 aromatic heterocycles. The molecule has 2 N–H and O–H groups in total. The molecule has 5 nitrogen and oxygen atoms in total. The Bertz CT molecular complexity index is 779. The van der Waals surface area contributed by atoms with E-state index in [1.807, 2.05) is 30.3 Å². The van der Waals surface area contributed by atoms with Gasteiger partial charge in [-0.15, -0.1) is 0 Å². The quantitative estimate of drug-likeness (QED) is 0.822. The second-order valence-corrected chi connectivity index (χ2v) is 7.02. The van der Waals surface area contributed by atoms with E-state index < -0.39 is 0 Å². The molecule has 3 rings (SSSR count). The van der Waals surface area contributed by atoms with Crippen LogP contribution in [0.3, 0.4) is 0 Å². The monoisotopic (exact) mass is 402 g/mol. The minimum atomic E-state index is -0.257. The number of rotatable bonds is 3. The van der Waals surface area contributed by atoms with Gasteiger partial charge in [-0.25, -0.2) is 0 Å². The second kappa shape index (κ2) is 7.70. The van der Waals surface area contributed by atoms with Crippen molar-refractivity contribution in [3.8, 4) is 5.75 Å². The number of aromatic hydroxyl groups is 1. The molecule has 1 atom stereocenters. The molecular weight excluding hydrogens is 384 g/mol. The standard InChI is InChI=1S/C19H19BrN2O3/c20-14-8-9-17(23)16(11-14)19(25)22-10-4-5-13(12-22)18(24)21-15-6-2-1-3-7-15/h1-3,6-9,11,13,23H,4-5,10,12H2,(H,21,24). The van der Waals surface area contributed by atoms with Crippen LogP contribution in [0.1, 0.15) is 23.2 Å². The van der Waals surface area contributed by atoms with Gasteiger partial charge in [-0.3, -0.25) is 9.59 Å². The van der Waals surface area contributed by atoms with Crippen molar-refractivity contribution >= 4 is 33.4 Å². The molecule has 1 heterocycles. The van der Waals surface area contributed by atoms with Gasteiger partial charge in [-0.1, -0.05) is 34.1 Å². The van der Waals surface area contributed by atoms with Crippen LogP contribution in [0.15, 0.2) is 53.0 Å². The molecule has 2 amide bonds. The molecule has 2 aromatic carbocycles. The van der Waals surface area contributed by atoms with Crippen LogP contribution in [0.5, 0.6) is 5.75 Å². The number of nitrogens with zero attached hydrogens (tertiary/aromatic N) is 1. The van der Waals surface area contributed by atoms with Crippen molar-refractivity contribution in [3.63, 3.8) is 0 Å². The number of carbonyl (C=O) groups is 2. The largest absolute Gasteiger partial charge is 0.507 e. The highest BCUT2D eigenvalue weighted by Gasteiger charge is 2.30. The topological polar surface area (TPSA) is 69.6 Å². The van der Waals surface area contributed by atoms with Crippen molar-refractivity contribution in [3.05, 3.63) is 58.6 Å². The summed E-state index contributed by atoms with van der Waals surface area (Å²) >= 11 is 3.31. The number of piperidine rings is 1. The van der Waals surface area contributed by atoms with Gasteiger partial charge in [0.1, 0.15) is 5.75 Å². The lowest BCUT2D eigenvalue weighted by molar-refractivity contribution is -0.121. The number of carbonyl (C=O) groups excluding carboxylic acids is 2. The Hall–Kier alpha value is -2.34. The average Bonchev–Trinajstić information content (AvgIpc) is 2.64. The maximum absolute atomic E-state index is 12.7. The first-order chi connectivity index (χ1) is 12.0. The van der Waals surface area contributed by atoms with E-state index >= 15 is 0 Å². The Morgan fingerprint density at radius 3 is 2.68 bits per heavy atom. The zero-order chi connectivity index (χ0) is 17.8. The summed E-state index contributed by atoms with van der Waals surface area (Å²) in [7, 11) is 0. The predicted octanol–water partition coefficient (Wildman–Crippen LogP) is 3.65. The summed E-state index contributed by atoms with van der Waals surface area (Å²) < 4.78 is 0.726. The van der Waals surface area contributed by atoms with E-state index in [2.05, 4.69) is 21.2 Å². The van der Waals surface area contributed by atoms with Crippen LogP contribution >= 0.6 is 15.9 Å². The fourth-order valence-electron chi connectivity index (χ4n) is 2.99. The molecule has 25 heavy (non-hydrogen) atoms. The molecule has 130 valence electrons. The Kier molecular flexibility index (Phi) is 5.38. The fourth-order valence-corrected chi connectivity index (χ4v) is 3.35. The van der Waals surface area contributed by atoms with Gasteiger partial charge in [-0.05, 0) is 43.2 Å². The van der Waals surface area contributed by atoms with E-state index in [0.29, 0.717) is 13.1 Å². The van der Waals surface area contributed by atoms with Crippen LogP contribution in [0, 0.1) is 5.92 Å². The molecule has 0 aliphatic carbocycles. The number of amides is 2. The van der Waals surface area contributed by atoms with Gasteiger partial charge >= 0.3 is 0 Å². The van der Waals surface area contributed by atoms with Crippen LogP contribution in [-0.2, 0) is 4.79 Å². The third-order valence-corrected chi connectivity index (χ3v) is 4.80. The molecule has 0 bridgehead atoms. The molecule has 0 spiro atoms. The average molecular weight is 403 g/mol. The Labute approximate surface area is 154 Å². The molecule has 1 saturated heterocycles. The van der Waals surface area contributed by atoms with Crippen LogP contribution < -0.4 is 5.32 Å². The van der Waals surface area contributed by atoms with Gasteiger partial charge in [0.15, 0.2) is 0 Å². The number of phenols is 1. The summed E-state index contributed by atoms with van der Waals surface area (Å²) in [4.78, 5) is 26.8. The molecule has 1 fully saturated rings. The van der Waals surface area contributed by atoms with Crippen molar-refractivity contribution in [1.82, 2.24) is 4.90 Å². The lowest BCUT2D eigenvalue weighted by Crippen LogP contribution is -2.43. The van der Waals surface area contributed by atoms with E-state index in [1.54, 1.807) is 17.0 Å². The van der Waals surface area contributed by atoms with Crippen molar-refractivity contribution in [1.29, 1.82) is 0 Å². The second-order valence-electron chi connectivity index (χ2n) is 6.11. The number of phenolic OH excluding ortho intramolecular Hbond substituents is 1. The lowest BCUT2D eigenvalue weighted by Gasteiger charge is -2.32. The van der Waals surface area contributed by atoms with Crippen molar-refractivity contribution in [2.24, 2.45) is 5.92 Å². The van der Waals surface area contributed by atoms with Crippen LogP contribution in [0.4, 0.5) is 5.69 Å². The van der Waals surface area contributed by atoms with E-state index in [4.69, 9.17) is 0 Å². The minimum absolute atomic E-state index is 0.0518. The molecule has 6 heteroatoms. The summed E-state index contributed by atoms with van der Waals surface area (Å²) in [5.74, 6) is -0.644. The van der Waals surface area contributed by atoms with Crippen LogP contribution in [-0.4, -0.2) is 34.9 Å². The van der Waals surface area contributed by atoms with E-state index in [0.717, 1.165) is 23.0 Å². The number of anilines is 1. The summed E-state index contributed by atoms with van der Waals surface area (Å²) in [6.45, 7) is 0.934. The molecule has 1 aliphatic heterocycles. The Morgan fingerprint density at radius 1 is 1.16 bits per heavy atom. The molecule has 1 unspecified atom stereocenters. The van der Waals surface area contributed by atoms with Crippen LogP contribution in [0.25, 0.3) is 0 Å². The first kappa shape index (κ1) is 17.5. The lowest BCUT2D eigenvalue weighted by atomic mass is 9.96. The van der Waals surface area contributed by atoms with Gasteiger partial charge in [-0.2, -0.15) is 0 Å². The molecule has 1 aliphatic rings. The summed E-state index contributed by atoms with van der Waals surface area (Å²) in [5, 5.41) is 12.9. The number of hydrogen-bond donors (Lipinski definition) is 2. The van der Waals surface area contributed by atoms with Crippen LogP contribution in [0.2, 0.25) is 0 Å². The maximum Gasteiger partial charge on any atom is 0.257 e. The summed E-state index contributed by atoms with van der Waals surface area (Å²) in [6.07, 6.45) is 1.50. The van der Waals surface area contributed by atoms with E-state index in [9.17, 15) is 14.7 Å². The summed E-state index contributed by atoms with van der Waals surface area (Å²) in [6, 6.07) is 14.1. The first-order valence-corrected chi connectivity index (χ1v) is 8.97. The molecule has 0 saturated carbocycles. The third-order valence-electron chi connectivity index (χ3n) is 4.31. The van der Waals surface area contributed by atoms with Crippen molar-refractivity contribution in [2.45, 2.75) is 12.8 Å². The highest BCUT2D eigenvalue weighted by atomic mass is 79.9. The number of para-hydroxylation sites is 1. The maximum atomic E-state index is 12.7. The molecule has 2 aromatic rings. The van der Waals surface area contributed by atoms with Crippen molar-refractivity contribution in [2.75, 3.05) is 18.4 Å². The minimum Gasteiger partial charge on any atom is -0.507 e. The summed E-state index contributed by atoms with van der Waals surface area (Å²) in [5.41, 5.74) is 0.999. The van der Waals surface area contributed by atoms with Gasteiger partial charge < -0.3 is 15.3 Å². The van der Waals surface area contributed by atoms with E-state index in [1.165, 1.54) is 6.07 Å². The Morgan fingerprint density at radius 2 is 1.92 bits per heavy atom. The molecule has 0 radical (unpaired) electrons. The van der Waals surface area contributed by atoms with Gasteiger partial charge in [0.2, 0.25) is 5.91 Å². The number of benzene rings is 2. The highest BCUT2D eigenvalue weighted by Crippen LogP contribution is 2.26. The SMILES string of the molecule is O=C(Nc1ccccc1)C1CCCN(C(=O)c2cc(Br)ccc2O)C1. The Balaban J connectivity index is 1.69. The fraction of sp³-hybridized carbons (Fsp3) is 0.263. The van der Waals surface area contributed by atoms with Gasteiger partial charge in [0.25, 0.3) is 5.91 Å². The highest BCUT2D eigenvalue weighted by molar-refractivity contribution is 9.10.